The molecular formula is C28H46O2. The number of esters is 1. The van der Waals surface area contributed by atoms with Gasteiger partial charge in [-0.2, -0.15) is 0 Å². The van der Waals surface area contributed by atoms with Gasteiger partial charge in [0, 0.05) is 6.08 Å². The van der Waals surface area contributed by atoms with E-state index in [2.05, 4.69) is 6.92 Å². The highest BCUT2D eigenvalue weighted by molar-refractivity contribution is 5.83. The van der Waals surface area contributed by atoms with Crippen LogP contribution in [0.1, 0.15) is 122 Å². The molecule has 1 aromatic rings. The van der Waals surface area contributed by atoms with Gasteiger partial charge in [-0.05, 0) is 25.0 Å². The Morgan fingerprint density at radius 3 is 1.57 bits per heavy atom. The smallest absolute Gasteiger partial charge is 0.335 e. The largest absolute Gasteiger partial charge is 0.423 e. The summed E-state index contributed by atoms with van der Waals surface area (Å²) in [7, 11) is 0. The first-order valence-corrected chi connectivity index (χ1v) is 12.8. The maximum absolute atomic E-state index is 11.7. The Bertz CT molecular complexity index is 521. The van der Waals surface area contributed by atoms with Crippen molar-refractivity contribution in [3.05, 3.63) is 42.5 Å². The molecule has 2 nitrogen and oxygen atoms in total. The molecule has 0 atom stereocenters. The zero-order valence-electron chi connectivity index (χ0n) is 19.6. The molecule has 0 saturated heterocycles. The molecule has 0 aliphatic heterocycles. The van der Waals surface area contributed by atoms with Gasteiger partial charge < -0.3 is 4.74 Å². The Kier molecular flexibility index (Phi) is 18.3. The first-order chi connectivity index (χ1) is 14.8. The molecule has 1 aromatic carbocycles. The molecule has 1 rings (SSSR count). The van der Waals surface area contributed by atoms with Crippen LogP contribution in [0, 0.1) is 0 Å². The number of hydrogen-bond donors (Lipinski definition) is 0. The lowest BCUT2D eigenvalue weighted by molar-refractivity contribution is -0.129. The van der Waals surface area contributed by atoms with Crippen LogP contribution in [0.2, 0.25) is 0 Å². The average Bonchev–Trinajstić information content (AvgIpc) is 2.76. The molecule has 0 fully saturated rings. The lowest BCUT2D eigenvalue weighted by Gasteiger charge is -2.03. The SMILES string of the molecule is CCCCCCCCCCCCCCCCCCC/C=C/C(=O)Oc1ccccc1. The molecule has 0 saturated carbocycles. The van der Waals surface area contributed by atoms with Crippen LogP contribution in [0.5, 0.6) is 5.75 Å². The van der Waals surface area contributed by atoms with Crippen molar-refractivity contribution in [1.82, 2.24) is 0 Å². The molecule has 0 aliphatic carbocycles. The fraction of sp³-hybridized carbons (Fsp3) is 0.679. The van der Waals surface area contributed by atoms with E-state index in [4.69, 9.17) is 4.74 Å². The van der Waals surface area contributed by atoms with Crippen LogP contribution in [-0.2, 0) is 4.79 Å². The van der Waals surface area contributed by atoms with E-state index in [0.29, 0.717) is 5.75 Å². The van der Waals surface area contributed by atoms with Crippen LogP contribution in [0.25, 0.3) is 0 Å². The van der Waals surface area contributed by atoms with Gasteiger partial charge in [-0.25, -0.2) is 4.79 Å². The van der Waals surface area contributed by atoms with E-state index in [1.165, 1.54) is 103 Å². The van der Waals surface area contributed by atoms with Gasteiger partial charge in [-0.3, -0.25) is 0 Å². The number of benzene rings is 1. The summed E-state index contributed by atoms with van der Waals surface area (Å²) >= 11 is 0. The fourth-order valence-corrected chi connectivity index (χ4v) is 3.81. The lowest BCUT2D eigenvalue weighted by atomic mass is 10.0. The number of allylic oxidation sites excluding steroid dienone is 1. The molecule has 0 radical (unpaired) electrons. The van der Waals surface area contributed by atoms with E-state index in [1.54, 1.807) is 18.2 Å². The minimum Gasteiger partial charge on any atom is -0.423 e. The van der Waals surface area contributed by atoms with Gasteiger partial charge in [-0.15, -0.1) is 0 Å². The normalized spacial score (nSPS) is 11.2. The maximum atomic E-state index is 11.7. The van der Waals surface area contributed by atoms with E-state index in [0.717, 1.165) is 12.8 Å². The van der Waals surface area contributed by atoms with Crippen molar-refractivity contribution in [2.45, 2.75) is 122 Å². The molecule has 0 aromatic heterocycles. The van der Waals surface area contributed by atoms with Gasteiger partial charge in [0.05, 0.1) is 0 Å². The molecule has 0 heterocycles. The Morgan fingerprint density at radius 1 is 0.667 bits per heavy atom. The average molecular weight is 415 g/mol. The zero-order valence-corrected chi connectivity index (χ0v) is 19.6. The molecule has 0 amide bonds. The number of hydrogen-bond acceptors (Lipinski definition) is 2. The van der Waals surface area contributed by atoms with Crippen LogP contribution in [-0.4, -0.2) is 5.97 Å². The predicted octanol–water partition coefficient (Wildman–Crippen LogP) is 9.19. The van der Waals surface area contributed by atoms with Crippen molar-refractivity contribution >= 4 is 5.97 Å². The first kappa shape index (κ1) is 26.5. The van der Waals surface area contributed by atoms with E-state index in [1.807, 2.05) is 24.3 Å². The summed E-state index contributed by atoms with van der Waals surface area (Å²) in [6.07, 6.45) is 28.1. The molecule has 0 spiro atoms. The second kappa shape index (κ2) is 20.7. The van der Waals surface area contributed by atoms with Crippen molar-refractivity contribution in [2.75, 3.05) is 0 Å². The summed E-state index contributed by atoms with van der Waals surface area (Å²) in [6.45, 7) is 2.29. The molecule has 0 aliphatic rings. The number of ether oxygens (including phenoxy) is 1. The second-order valence-electron chi connectivity index (χ2n) is 8.58. The Labute approximate surface area is 186 Å². The van der Waals surface area contributed by atoms with Crippen molar-refractivity contribution in [2.24, 2.45) is 0 Å². The molecule has 0 unspecified atom stereocenters. The third kappa shape index (κ3) is 17.3. The van der Waals surface area contributed by atoms with Crippen molar-refractivity contribution < 1.29 is 9.53 Å². The summed E-state index contributed by atoms with van der Waals surface area (Å²) < 4.78 is 5.23. The third-order valence-corrected chi connectivity index (χ3v) is 5.69. The van der Waals surface area contributed by atoms with E-state index < -0.39 is 0 Å². The number of unbranched alkanes of at least 4 members (excludes halogenated alkanes) is 17. The number of carbonyl (C=O) groups is 1. The Morgan fingerprint density at radius 2 is 1.10 bits per heavy atom. The molecule has 0 N–H and O–H groups in total. The van der Waals surface area contributed by atoms with Gasteiger partial charge >= 0.3 is 5.97 Å². The lowest BCUT2D eigenvalue weighted by Crippen LogP contribution is -2.03. The monoisotopic (exact) mass is 414 g/mol. The highest BCUT2D eigenvalue weighted by Crippen LogP contribution is 2.14. The number of para-hydroxylation sites is 1. The highest BCUT2D eigenvalue weighted by Gasteiger charge is 1.98. The summed E-state index contributed by atoms with van der Waals surface area (Å²) in [5.74, 6) is 0.318. The summed E-state index contributed by atoms with van der Waals surface area (Å²) in [5.41, 5.74) is 0. The molecule has 0 bridgehead atoms. The minimum absolute atomic E-state index is 0.284. The van der Waals surface area contributed by atoms with Crippen LogP contribution in [0.15, 0.2) is 42.5 Å². The van der Waals surface area contributed by atoms with Crippen LogP contribution >= 0.6 is 0 Å². The van der Waals surface area contributed by atoms with E-state index in [-0.39, 0.29) is 5.97 Å². The molecule has 170 valence electrons. The van der Waals surface area contributed by atoms with Gasteiger partial charge in [-0.1, -0.05) is 134 Å². The summed E-state index contributed by atoms with van der Waals surface area (Å²) in [4.78, 5) is 11.7. The van der Waals surface area contributed by atoms with Gasteiger partial charge in [0.1, 0.15) is 5.75 Å². The minimum atomic E-state index is -0.284. The summed E-state index contributed by atoms with van der Waals surface area (Å²) in [6, 6.07) is 9.23. The second-order valence-corrected chi connectivity index (χ2v) is 8.58. The first-order valence-electron chi connectivity index (χ1n) is 12.8. The van der Waals surface area contributed by atoms with Gasteiger partial charge in [0.25, 0.3) is 0 Å². The zero-order chi connectivity index (χ0) is 21.5. The van der Waals surface area contributed by atoms with Crippen molar-refractivity contribution in [1.29, 1.82) is 0 Å². The predicted molar refractivity (Wildman–Crippen MR) is 130 cm³/mol. The maximum Gasteiger partial charge on any atom is 0.335 e. The Balaban J connectivity index is 1.77. The van der Waals surface area contributed by atoms with Crippen LogP contribution in [0.3, 0.4) is 0 Å². The quantitative estimate of drug-likeness (QED) is 0.0919. The topological polar surface area (TPSA) is 26.3 Å². The van der Waals surface area contributed by atoms with Crippen molar-refractivity contribution in [3.8, 4) is 5.75 Å². The molecule has 2 heteroatoms. The van der Waals surface area contributed by atoms with Crippen LogP contribution < -0.4 is 4.74 Å². The highest BCUT2D eigenvalue weighted by atomic mass is 16.5. The number of rotatable bonds is 20. The van der Waals surface area contributed by atoms with E-state index >= 15 is 0 Å². The number of carbonyl (C=O) groups excluding carboxylic acids is 1. The molecular weight excluding hydrogens is 368 g/mol. The van der Waals surface area contributed by atoms with Crippen molar-refractivity contribution in [3.63, 3.8) is 0 Å². The summed E-state index contributed by atoms with van der Waals surface area (Å²) in [5, 5.41) is 0. The molecule has 30 heavy (non-hydrogen) atoms. The van der Waals surface area contributed by atoms with E-state index in [9.17, 15) is 4.79 Å². The standard InChI is InChI=1S/C28H46O2/c1-2-3-4-5-6-7-8-9-10-11-12-13-14-15-16-17-18-19-23-26-28(29)30-27-24-21-20-22-25-27/h20-26H,2-19H2,1H3/b26-23+. The Hall–Kier alpha value is -1.57. The third-order valence-electron chi connectivity index (χ3n) is 5.69. The van der Waals surface area contributed by atoms with Gasteiger partial charge in [0.2, 0.25) is 0 Å². The van der Waals surface area contributed by atoms with Gasteiger partial charge in [0.15, 0.2) is 0 Å². The van der Waals surface area contributed by atoms with Crippen LogP contribution in [0.4, 0.5) is 0 Å². The fourth-order valence-electron chi connectivity index (χ4n) is 3.81.